The highest BCUT2D eigenvalue weighted by molar-refractivity contribution is 7.89. The molecule has 0 aliphatic carbocycles. The number of primary amides is 1. The smallest absolute Gasteiger partial charge is 0.306 e. The van der Waals surface area contributed by atoms with Crippen LogP contribution in [0.5, 0.6) is 0 Å². The summed E-state index contributed by atoms with van der Waals surface area (Å²) in [5.41, 5.74) is 6.21. The average Bonchev–Trinajstić information content (AvgIpc) is 3.07. The van der Waals surface area contributed by atoms with Gasteiger partial charge < -0.3 is 15.8 Å². The van der Waals surface area contributed by atoms with E-state index in [1.54, 1.807) is 34.0 Å². The number of sulfonamides is 1. The van der Waals surface area contributed by atoms with E-state index in [4.69, 9.17) is 10.5 Å². The quantitative estimate of drug-likeness (QED) is 0.515. The monoisotopic (exact) mass is 493 g/mol. The van der Waals surface area contributed by atoms with Crippen molar-refractivity contribution >= 4 is 44.1 Å². The fraction of sp³-hybridized carbons (Fsp3) is 0.409. The summed E-state index contributed by atoms with van der Waals surface area (Å²) >= 11 is 1.14. The molecule has 1 aliphatic rings. The molecule has 3 N–H and O–H groups in total. The van der Waals surface area contributed by atoms with Gasteiger partial charge in [-0.3, -0.25) is 14.4 Å². The lowest BCUT2D eigenvalue weighted by Gasteiger charge is -2.20. The van der Waals surface area contributed by atoms with E-state index in [1.165, 1.54) is 6.07 Å². The normalized spacial score (nSPS) is 14.9. The van der Waals surface area contributed by atoms with Crippen molar-refractivity contribution in [3.8, 4) is 0 Å². The van der Waals surface area contributed by atoms with Crippen molar-refractivity contribution in [2.45, 2.75) is 43.4 Å². The molecule has 1 saturated heterocycles. The largest absolute Gasteiger partial charge is 0.456 e. The van der Waals surface area contributed by atoms with Gasteiger partial charge in [-0.2, -0.15) is 4.31 Å². The van der Waals surface area contributed by atoms with Crippen molar-refractivity contribution in [3.05, 3.63) is 46.8 Å². The van der Waals surface area contributed by atoms with Crippen LogP contribution in [0.4, 0.5) is 5.00 Å². The number of esters is 1. The molecule has 1 aromatic carbocycles. The highest BCUT2D eigenvalue weighted by Crippen LogP contribution is 2.23. The van der Waals surface area contributed by atoms with Gasteiger partial charge in [0.05, 0.1) is 10.5 Å². The summed E-state index contributed by atoms with van der Waals surface area (Å²) in [6.45, 7) is 0.599. The number of ether oxygens (including phenoxy) is 1. The van der Waals surface area contributed by atoms with Crippen LogP contribution in [0.1, 0.15) is 48.0 Å². The highest BCUT2D eigenvalue weighted by Gasteiger charge is 2.25. The van der Waals surface area contributed by atoms with Crippen molar-refractivity contribution in [2.24, 2.45) is 5.73 Å². The fourth-order valence-corrected chi connectivity index (χ4v) is 5.81. The third kappa shape index (κ3) is 6.86. The Labute approximate surface area is 197 Å². The maximum Gasteiger partial charge on any atom is 0.306 e. The molecule has 0 atom stereocenters. The number of amides is 2. The molecular weight excluding hydrogens is 466 g/mol. The first-order valence-electron chi connectivity index (χ1n) is 10.7. The van der Waals surface area contributed by atoms with Crippen LogP contribution in [0.3, 0.4) is 0 Å². The number of carbonyl (C=O) groups excluding carboxylic acids is 3. The molecule has 0 saturated carbocycles. The Morgan fingerprint density at radius 1 is 1.03 bits per heavy atom. The number of aryl methyl sites for hydroxylation is 1. The van der Waals surface area contributed by atoms with E-state index in [2.05, 4.69) is 5.32 Å². The predicted octanol–water partition coefficient (Wildman–Crippen LogP) is 2.53. The van der Waals surface area contributed by atoms with Crippen LogP contribution in [0.25, 0.3) is 0 Å². The second-order valence-corrected chi connectivity index (χ2v) is 10.6. The summed E-state index contributed by atoms with van der Waals surface area (Å²) in [6.07, 6.45) is 4.22. The van der Waals surface area contributed by atoms with E-state index in [9.17, 15) is 22.8 Å². The molecule has 0 bridgehead atoms. The molecule has 1 aliphatic heterocycles. The van der Waals surface area contributed by atoms with Crippen LogP contribution in [-0.4, -0.2) is 50.2 Å². The van der Waals surface area contributed by atoms with Crippen LogP contribution < -0.4 is 11.1 Å². The van der Waals surface area contributed by atoms with Gasteiger partial charge in [0.1, 0.15) is 5.00 Å². The molecule has 9 nitrogen and oxygen atoms in total. The van der Waals surface area contributed by atoms with E-state index < -0.39 is 34.4 Å². The van der Waals surface area contributed by atoms with Crippen LogP contribution >= 0.6 is 11.3 Å². The van der Waals surface area contributed by atoms with E-state index in [0.29, 0.717) is 24.5 Å². The summed E-state index contributed by atoms with van der Waals surface area (Å²) in [6, 6.07) is 8.00. The first kappa shape index (κ1) is 24.9. The molecule has 1 aromatic heterocycles. The van der Waals surface area contributed by atoms with Gasteiger partial charge in [0.25, 0.3) is 11.8 Å². The van der Waals surface area contributed by atoms with Gasteiger partial charge in [-0.15, -0.1) is 11.3 Å². The topological polar surface area (TPSA) is 136 Å². The number of hydrogen-bond donors (Lipinski definition) is 2. The van der Waals surface area contributed by atoms with Gasteiger partial charge in [-0.1, -0.05) is 25.0 Å². The Hall–Kier alpha value is -2.76. The van der Waals surface area contributed by atoms with E-state index >= 15 is 0 Å². The molecule has 2 amide bonds. The number of nitrogens with zero attached hydrogens (tertiary/aromatic N) is 1. The zero-order chi connectivity index (χ0) is 23.8. The maximum atomic E-state index is 12.8. The van der Waals surface area contributed by atoms with Crippen molar-refractivity contribution in [1.82, 2.24) is 4.31 Å². The third-order valence-corrected chi connectivity index (χ3v) is 8.03. The maximum absolute atomic E-state index is 12.8. The lowest BCUT2D eigenvalue weighted by atomic mass is 10.1. The first-order valence-corrected chi connectivity index (χ1v) is 13.0. The van der Waals surface area contributed by atoms with E-state index in [1.807, 2.05) is 0 Å². The number of benzene rings is 1. The predicted molar refractivity (Wildman–Crippen MR) is 124 cm³/mol. The van der Waals surface area contributed by atoms with Gasteiger partial charge in [0, 0.05) is 19.5 Å². The molecule has 0 radical (unpaired) electrons. The van der Waals surface area contributed by atoms with Crippen LogP contribution in [0.2, 0.25) is 0 Å². The minimum absolute atomic E-state index is 0.0387. The Bertz CT molecular complexity index is 1090. The Kier molecular flexibility index (Phi) is 8.59. The zero-order valence-corrected chi connectivity index (χ0v) is 19.8. The molecule has 0 unspecified atom stereocenters. The summed E-state index contributed by atoms with van der Waals surface area (Å²) in [7, 11) is -3.51. The van der Waals surface area contributed by atoms with E-state index in [0.717, 1.165) is 42.6 Å². The molecule has 1 fully saturated rings. The summed E-state index contributed by atoms with van der Waals surface area (Å²) in [4.78, 5) is 35.5. The van der Waals surface area contributed by atoms with Crippen molar-refractivity contribution in [2.75, 3.05) is 25.0 Å². The Morgan fingerprint density at radius 2 is 1.70 bits per heavy atom. The molecule has 178 valence electrons. The molecule has 33 heavy (non-hydrogen) atoms. The standard InChI is InChI=1S/C22H27N3O6S2/c23-21(28)18-11-14-32-22(18)24-19(26)15-31-20(27)10-7-16-5-8-17(9-6-16)33(29,30)25-12-3-1-2-4-13-25/h5-6,8-9,11,14H,1-4,7,10,12-13,15H2,(H2,23,28)(H,24,26). The first-order chi connectivity index (χ1) is 15.8. The molecule has 11 heteroatoms. The van der Waals surface area contributed by atoms with Crippen molar-refractivity contribution in [3.63, 3.8) is 0 Å². The molecule has 3 rings (SSSR count). The molecule has 0 spiro atoms. The number of anilines is 1. The SMILES string of the molecule is NC(=O)c1ccsc1NC(=O)COC(=O)CCc1ccc(S(=O)(=O)N2CCCCCC2)cc1. The second kappa shape index (κ2) is 11.4. The van der Waals surface area contributed by atoms with Crippen LogP contribution in [0, 0.1) is 0 Å². The van der Waals surface area contributed by atoms with E-state index in [-0.39, 0.29) is 16.9 Å². The van der Waals surface area contributed by atoms with Gasteiger partial charge in [-0.25, -0.2) is 8.42 Å². The third-order valence-electron chi connectivity index (χ3n) is 5.29. The number of thiophene rings is 1. The Morgan fingerprint density at radius 3 is 2.33 bits per heavy atom. The summed E-state index contributed by atoms with van der Waals surface area (Å²) in [5, 5.41) is 4.41. The Balaban J connectivity index is 1.46. The van der Waals surface area contributed by atoms with Crippen LogP contribution in [0.15, 0.2) is 40.6 Å². The minimum atomic E-state index is -3.51. The van der Waals surface area contributed by atoms with Gasteiger partial charge >= 0.3 is 5.97 Å². The molecular formula is C22H27N3O6S2. The minimum Gasteiger partial charge on any atom is -0.456 e. The number of rotatable bonds is 9. The van der Waals surface area contributed by atoms with Crippen molar-refractivity contribution < 1.29 is 27.5 Å². The second-order valence-electron chi connectivity index (χ2n) is 7.70. The fourth-order valence-electron chi connectivity index (χ4n) is 3.49. The number of carbonyl (C=O) groups is 3. The highest BCUT2D eigenvalue weighted by atomic mass is 32.2. The average molecular weight is 494 g/mol. The number of nitrogens with one attached hydrogen (secondary N) is 1. The van der Waals surface area contributed by atoms with Gasteiger partial charge in [0.15, 0.2) is 6.61 Å². The molecule has 2 aromatic rings. The van der Waals surface area contributed by atoms with Gasteiger partial charge in [-0.05, 0) is 48.4 Å². The van der Waals surface area contributed by atoms with Crippen LogP contribution in [-0.2, 0) is 30.8 Å². The lowest BCUT2D eigenvalue weighted by Crippen LogP contribution is -2.31. The van der Waals surface area contributed by atoms with Crippen molar-refractivity contribution in [1.29, 1.82) is 0 Å². The lowest BCUT2D eigenvalue weighted by molar-refractivity contribution is -0.147. The number of nitrogens with two attached hydrogens (primary N) is 1. The summed E-state index contributed by atoms with van der Waals surface area (Å²) < 4.78 is 32.2. The van der Waals surface area contributed by atoms with Gasteiger partial charge in [0.2, 0.25) is 10.0 Å². The molecule has 2 heterocycles. The summed E-state index contributed by atoms with van der Waals surface area (Å²) in [5.74, 6) is -1.79. The zero-order valence-electron chi connectivity index (χ0n) is 18.1. The number of hydrogen-bond acceptors (Lipinski definition) is 7.